The lowest BCUT2D eigenvalue weighted by Gasteiger charge is -2.40. The summed E-state index contributed by atoms with van der Waals surface area (Å²) in [5.41, 5.74) is 1.67. The van der Waals surface area contributed by atoms with Crippen LogP contribution in [-0.2, 0) is 0 Å². The SMILES string of the molecule is Brc1ccc(Br)c(N2CCCNC3(CCCCC3)C2)c1. The maximum Gasteiger partial charge on any atom is 0.0522 e. The summed E-state index contributed by atoms with van der Waals surface area (Å²) in [5.74, 6) is 0. The van der Waals surface area contributed by atoms with Crippen molar-refractivity contribution in [2.45, 2.75) is 44.1 Å². The lowest BCUT2D eigenvalue weighted by Crippen LogP contribution is -2.52. The topological polar surface area (TPSA) is 15.3 Å². The monoisotopic (exact) mass is 400 g/mol. The minimum absolute atomic E-state index is 0.344. The quantitative estimate of drug-likeness (QED) is 0.732. The fourth-order valence-electron chi connectivity index (χ4n) is 3.62. The van der Waals surface area contributed by atoms with Crippen LogP contribution in [0, 0.1) is 0 Å². The maximum atomic E-state index is 3.86. The zero-order chi connectivity index (χ0) is 14.0. The molecule has 2 aliphatic rings. The molecule has 0 amide bonds. The fourth-order valence-corrected chi connectivity index (χ4v) is 4.47. The van der Waals surface area contributed by atoms with Crippen LogP contribution in [0.2, 0.25) is 0 Å². The summed E-state index contributed by atoms with van der Waals surface area (Å²) in [4.78, 5) is 2.57. The average molecular weight is 402 g/mol. The summed E-state index contributed by atoms with van der Waals surface area (Å²) in [6.45, 7) is 3.44. The first-order chi connectivity index (χ1) is 9.69. The molecule has 3 rings (SSSR count). The zero-order valence-electron chi connectivity index (χ0n) is 11.8. The molecule has 1 N–H and O–H groups in total. The van der Waals surface area contributed by atoms with Crippen molar-refractivity contribution < 1.29 is 0 Å². The Morgan fingerprint density at radius 1 is 1.05 bits per heavy atom. The smallest absolute Gasteiger partial charge is 0.0522 e. The first kappa shape index (κ1) is 14.9. The van der Waals surface area contributed by atoms with E-state index in [0.29, 0.717) is 5.54 Å². The van der Waals surface area contributed by atoms with Crippen LogP contribution in [0.3, 0.4) is 0 Å². The van der Waals surface area contributed by atoms with Crippen molar-refractivity contribution in [2.24, 2.45) is 0 Å². The van der Waals surface area contributed by atoms with E-state index in [-0.39, 0.29) is 0 Å². The van der Waals surface area contributed by atoms with E-state index in [1.165, 1.54) is 48.7 Å². The van der Waals surface area contributed by atoms with E-state index >= 15 is 0 Å². The van der Waals surface area contributed by atoms with Crippen LogP contribution in [0.15, 0.2) is 27.1 Å². The van der Waals surface area contributed by atoms with Crippen LogP contribution in [0.1, 0.15) is 38.5 Å². The third kappa shape index (κ3) is 3.23. The summed E-state index contributed by atoms with van der Waals surface area (Å²) in [7, 11) is 0. The average Bonchev–Trinajstić information content (AvgIpc) is 2.65. The predicted octanol–water partition coefficient (Wildman–Crippen LogP) is 4.71. The second-order valence-electron chi connectivity index (χ2n) is 6.14. The van der Waals surface area contributed by atoms with Crippen LogP contribution < -0.4 is 10.2 Å². The molecular weight excluding hydrogens is 380 g/mol. The van der Waals surface area contributed by atoms with Gasteiger partial charge in [0.1, 0.15) is 0 Å². The summed E-state index contributed by atoms with van der Waals surface area (Å²) in [6.07, 6.45) is 8.04. The molecule has 2 fully saturated rings. The van der Waals surface area contributed by atoms with Crippen LogP contribution in [0.4, 0.5) is 5.69 Å². The first-order valence-corrected chi connectivity index (χ1v) is 9.22. The molecular formula is C16H22Br2N2. The van der Waals surface area contributed by atoms with Gasteiger partial charge < -0.3 is 10.2 Å². The molecule has 1 spiro atoms. The van der Waals surface area contributed by atoms with Gasteiger partial charge in [-0.3, -0.25) is 0 Å². The molecule has 0 radical (unpaired) electrons. The van der Waals surface area contributed by atoms with Gasteiger partial charge in [0.05, 0.1) is 5.69 Å². The van der Waals surface area contributed by atoms with E-state index < -0.39 is 0 Å². The normalized spacial score (nSPS) is 22.8. The van der Waals surface area contributed by atoms with Crippen molar-refractivity contribution >= 4 is 37.5 Å². The molecule has 110 valence electrons. The Balaban J connectivity index is 1.86. The van der Waals surface area contributed by atoms with Gasteiger partial charge in [-0.15, -0.1) is 0 Å². The molecule has 1 saturated heterocycles. The number of rotatable bonds is 1. The Kier molecular flexibility index (Phi) is 4.73. The predicted molar refractivity (Wildman–Crippen MR) is 92.5 cm³/mol. The molecule has 2 nitrogen and oxygen atoms in total. The standard InChI is InChI=1S/C16H22Br2N2/c17-13-5-6-14(18)15(11-13)20-10-4-9-19-16(12-20)7-2-1-3-8-16/h5-6,11,19H,1-4,7-10,12H2. The Labute approximate surface area is 138 Å². The van der Waals surface area contributed by atoms with Gasteiger partial charge in [-0.05, 0) is 59.9 Å². The molecule has 20 heavy (non-hydrogen) atoms. The highest BCUT2D eigenvalue weighted by Gasteiger charge is 2.35. The summed E-state index contributed by atoms with van der Waals surface area (Å²) >= 11 is 7.33. The molecule has 0 unspecified atom stereocenters. The highest BCUT2D eigenvalue weighted by Crippen LogP contribution is 2.35. The molecule has 1 aromatic carbocycles. The third-order valence-corrected chi connectivity index (χ3v) is 5.82. The van der Waals surface area contributed by atoms with E-state index in [1.807, 2.05) is 0 Å². The molecule has 4 heteroatoms. The minimum Gasteiger partial charge on any atom is -0.369 e. The van der Waals surface area contributed by atoms with E-state index in [4.69, 9.17) is 0 Å². The minimum atomic E-state index is 0.344. The van der Waals surface area contributed by atoms with E-state index in [2.05, 4.69) is 60.3 Å². The Morgan fingerprint density at radius 2 is 1.85 bits per heavy atom. The van der Waals surface area contributed by atoms with Crippen molar-refractivity contribution in [3.05, 3.63) is 27.1 Å². The van der Waals surface area contributed by atoms with Crippen molar-refractivity contribution in [3.8, 4) is 0 Å². The number of hydrogen-bond donors (Lipinski definition) is 1. The highest BCUT2D eigenvalue weighted by molar-refractivity contribution is 9.11. The second kappa shape index (κ2) is 6.37. The number of hydrogen-bond acceptors (Lipinski definition) is 2. The molecule has 0 atom stereocenters. The molecule has 1 saturated carbocycles. The molecule has 1 aliphatic heterocycles. The number of benzene rings is 1. The van der Waals surface area contributed by atoms with Gasteiger partial charge in [0.2, 0.25) is 0 Å². The third-order valence-electron chi connectivity index (χ3n) is 4.66. The Morgan fingerprint density at radius 3 is 2.65 bits per heavy atom. The lowest BCUT2D eigenvalue weighted by atomic mass is 9.81. The highest BCUT2D eigenvalue weighted by atomic mass is 79.9. The van der Waals surface area contributed by atoms with Gasteiger partial charge in [-0.25, -0.2) is 0 Å². The number of nitrogens with zero attached hydrogens (tertiary/aromatic N) is 1. The number of nitrogens with one attached hydrogen (secondary N) is 1. The van der Waals surface area contributed by atoms with Crippen molar-refractivity contribution in [1.82, 2.24) is 5.32 Å². The zero-order valence-corrected chi connectivity index (χ0v) is 15.0. The van der Waals surface area contributed by atoms with Gasteiger partial charge in [-0.1, -0.05) is 35.2 Å². The summed E-state index contributed by atoms with van der Waals surface area (Å²) < 4.78 is 2.36. The van der Waals surface area contributed by atoms with Crippen molar-refractivity contribution in [3.63, 3.8) is 0 Å². The van der Waals surface area contributed by atoms with Gasteiger partial charge >= 0.3 is 0 Å². The summed E-state index contributed by atoms with van der Waals surface area (Å²) in [5, 5.41) is 3.86. The molecule has 0 aromatic heterocycles. The summed E-state index contributed by atoms with van der Waals surface area (Å²) in [6, 6.07) is 6.48. The van der Waals surface area contributed by atoms with Crippen LogP contribution in [-0.4, -0.2) is 25.2 Å². The number of anilines is 1. The molecule has 1 aromatic rings. The second-order valence-corrected chi connectivity index (χ2v) is 7.91. The van der Waals surface area contributed by atoms with E-state index in [0.717, 1.165) is 24.1 Å². The van der Waals surface area contributed by atoms with E-state index in [1.54, 1.807) is 0 Å². The van der Waals surface area contributed by atoms with Crippen LogP contribution in [0.25, 0.3) is 0 Å². The van der Waals surface area contributed by atoms with Gasteiger partial charge in [-0.2, -0.15) is 0 Å². The maximum absolute atomic E-state index is 3.86. The van der Waals surface area contributed by atoms with E-state index in [9.17, 15) is 0 Å². The first-order valence-electron chi connectivity index (χ1n) is 7.64. The Bertz CT molecular complexity index is 470. The molecule has 1 aliphatic carbocycles. The van der Waals surface area contributed by atoms with Crippen molar-refractivity contribution in [1.29, 1.82) is 0 Å². The molecule has 0 bridgehead atoms. The van der Waals surface area contributed by atoms with Gasteiger partial charge in [0.25, 0.3) is 0 Å². The van der Waals surface area contributed by atoms with Crippen LogP contribution >= 0.6 is 31.9 Å². The largest absolute Gasteiger partial charge is 0.369 e. The van der Waals surface area contributed by atoms with Gasteiger partial charge in [0, 0.05) is 27.6 Å². The molecule has 1 heterocycles. The fraction of sp³-hybridized carbons (Fsp3) is 0.625. The van der Waals surface area contributed by atoms with Crippen LogP contribution in [0.5, 0.6) is 0 Å². The lowest BCUT2D eigenvalue weighted by molar-refractivity contribution is 0.246. The Hall–Kier alpha value is -0.0600. The number of halogens is 2. The van der Waals surface area contributed by atoms with Gasteiger partial charge in [0.15, 0.2) is 0 Å². The van der Waals surface area contributed by atoms with Crippen molar-refractivity contribution in [2.75, 3.05) is 24.5 Å².